The fourth-order valence-electron chi connectivity index (χ4n) is 4.29. The predicted molar refractivity (Wildman–Crippen MR) is 94.2 cm³/mol. The van der Waals surface area contributed by atoms with Gasteiger partial charge < -0.3 is 14.4 Å². The first-order chi connectivity index (χ1) is 12.3. The van der Waals surface area contributed by atoms with E-state index in [1.165, 1.54) is 12.8 Å². The first-order valence-corrected chi connectivity index (χ1v) is 9.63. The van der Waals surface area contributed by atoms with Gasteiger partial charge in [-0.2, -0.15) is 0 Å². The summed E-state index contributed by atoms with van der Waals surface area (Å²) in [4.78, 5) is 18.6. The van der Waals surface area contributed by atoms with Crippen LogP contribution in [-0.2, 0) is 9.53 Å². The third-order valence-corrected chi connectivity index (χ3v) is 6.29. The van der Waals surface area contributed by atoms with Gasteiger partial charge in [0, 0.05) is 38.2 Å². The molecule has 1 atom stereocenters. The molecular formula is C20H28N2O3. The van der Waals surface area contributed by atoms with Crippen LogP contribution in [0.3, 0.4) is 0 Å². The summed E-state index contributed by atoms with van der Waals surface area (Å²) in [5, 5.41) is 0. The molecule has 5 heteroatoms. The molecule has 0 N–H and O–H groups in total. The second kappa shape index (κ2) is 7.32. The highest BCUT2D eigenvalue weighted by Gasteiger charge is 2.44. The number of pyridine rings is 1. The highest BCUT2D eigenvalue weighted by molar-refractivity contribution is 5.76. The zero-order valence-corrected chi connectivity index (χ0v) is 14.9. The van der Waals surface area contributed by atoms with Gasteiger partial charge in [-0.3, -0.25) is 9.78 Å². The lowest BCUT2D eigenvalue weighted by Crippen LogP contribution is -2.51. The van der Waals surface area contributed by atoms with Gasteiger partial charge in [0.05, 0.1) is 19.4 Å². The van der Waals surface area contributed by atoms with E-state index >= 15 is 0 Å². The van der Waals surface area contributed by atoms with E-state index in [1.54, 1.807) is 12.4 Å². The highest BCUT2D eigenvalue weighted by atomic mass is 16.5. The van der Waals surface area contributed by atoms with E-state index in [9.17, 15) is 4.79 Å². The van der Waals surface area contributed by atoms with Crippen molar-refractivity contribution in [3.05, 3.63) is 24.5 Å². The van der Waals surface area contributed by atoms with E-state index in [4.69, 9.17) is 9.47 Å². The standard InChI is InChI=1S/C20H28N2O3/c23-19(12-16-3-4-16)22-9-5-20(6-10-22)7-11-24-14-17(20)15-25-18-2-1-8-21-13-18/h1-2,8,13,16-17H,3-7,9-12,14-15H2. The Kier molecular flexibility index (Phi) is 4.93. The van der Waals surface area contributed by atoms with Gasteiger partial charge in [-0.05, 0) is 55.6 Å². The molecule has 0 aromatic carbocycles. The van der Waals surface area contributed by atoms with Gasteiger partial charge in [0.2, 0.25) is 5.91 Å². The number of amides is 1. The number of likely N-dealkylation sites (tertiary alicyclic amines) is 1. The Morgan fingerprint density at radius 1 is 1.32 bits per heavy atom. The third-order valence-electron chi connectivity index (χ3n) is 6.29. The normalized spacial score (nSPS) is 25.8. The fourth-order valence-corrected chi connectivity index (χ4v) is 4.29. The minimum atomic E-state index is 0.261. The van der Waals surface area contributed by atoms with Gasteiger partial charge in [0.25, 0.3) is 0 Å². The molecule has 0 bridgehead atoms. The van der Waals surface area contributed by atoms with E-state index in [0.29, 0.717) is 24.3 Å². The molecule has 1 spiro atoms. The van der Waals surface area contributed by atoms with E-state index in [-0.39, 0.29) is 5.41 Å². The minimum absolute atomic E-state index is 0.261. The maximum Gasteiger partial charge on any atom is 0.222 e. The van der Waals surface area contributed by atoms with Gasteiger partial charge in [-0.15, -0.1) is 0 Å². The molecule has 1 unspecified atom stereocenters. The molecule has 1 amide bonds. The van der Waals surface area contributed by atoms with Crippen molar-refractivity contribution in [2.24, 2.45) is 17.3 Å². The quantitative estimate of drug-likeness (QED) is 0.824. The number of ether oxygens (including phenoxy) is 2. The first-order valence-electron chi connectivity index (χ1n) is 9.63. The summed E-state index contributed by atoms with van der Waals surface area (Å²) in [6.07, 6.45) is 10.0. The summed E-state index contributed by atoms with van der Waals surface area (Å²) in [5.41, 5.74) is 0.261. The lowest BCUT2D eigenvalue weighted by Gasteiger charge is -2.48. The summed E-state index contributed by atoms with van der Waals surface area (Å²) >= 11 is 0. The smallest absolute Gasteiger partial charge is 0.222 e. The van der Waals surface area contributed by atoms with Crippen molar-refractivity contribution in [1.82, 2.24) is 9.88 Å². The van der Waals surface area contributed by atoms with Crippen LogP contribution in [0.1, 0.15) is 38.5 Å². The van der Waals surface area contributed by atoms with Gasteiger partial charge in [-0.1, -0.05) is 0 Å². The molecule has 136 valence electrons. The maximum atomic E-state index is 12.4. The molecule has 5 nitrogen and oxygen atoms in total. The van der Waals surface area contributed by atoms with Crippen molar-refractivity contribution in [1.29, 1.82) is 0 Å². The van der Waals surface area contributed by atoms with Gasteiger partial charge in [0.1, 0.15) is 5.75 Å². The number of hydrogen-bond acceptors (Lipinski definition) is 4. The van der Waals surface area contributed by atoms with Crippen LogP contribution in [0.5, 0.6) is 5.75 Å². The van der Waals surface area contributed by atoms with Crippen LogP contribution < -0.4 is 4.74 Å². The average Bonchev–Trinajstić information content (AvgIpc) is 3.46. The molecule has 2 aliphatic heterocycles. The lowest BCUT2D eigenvalue weighted by molar-refractivity contribution is -0.138. The predicted octanol–water partition coefficient (Wildman–Crippen LogP) is 2.91. The average molecular weight is 344 g/mol. The number of carbonyl (C=O) groups is 1. The lowest BCUT2D eigenvalue weighted by atomic mass is 9.66. The van der Waals surface area contributed by atoms with Crippen molar-refractivity contribution in [2.45, 2.75) is 38.5 Å². The Balaban J connectivity index is 1.34. The van der Waals surface area contributed by atoms with Crippen LogP contribution in [0.15, 0.2) is 24.5 Å². The second-order valence-electron chi connectivity index (χ2n) is 7.91. The number of rotatable bonds is 5. The number of aromatic nitrogens is 1. The topological polar surface area (TPSA) is 51.7 Å². The summed E-state index contributed by atoms with van der Waals surface area (Å²) in [7, 11) is 0. The number of carbonyl (C=O) groups excluding carboxylic acids is 1. The van der Waals surface area contributed by atoms with Crippen molar-refractivity contribution in [2.75, 3.05) is 32.9 Å². The summed E-state index contributed by atoms with van der Waals surface area (Å²) in [6.45, 7) is 4.06. The summed E-state index contributed by atoms with van der Waals surface area (Å²) in [6, 6.07) is 3.84. The number of nitrogens with zero attached hydrogens (tertiary/aromatic N) is 2. The number of piperidine rings is 1. The van der Waals surface area contributed by atoms with Crippen molar-refractivity contribution >= 4 is 5.91 Å². The zero-order chi connectivity index (χ0) is 17.1. The molecule has 4 rings (SSSR count). The van der Waals surface area contributed by atoms with Gasteiger partial charge in [0.15, 0.2) is 0 Å². The van der Waals surface area contributed by atoms with E-state index in [2.05, 4.69) is 9.88 Å². The van der Waals surface area contributed by atoms with Gasteiger partial charge >= 0.3 is 0 Å². The molecule has 1 aromatic rings. The molecule has 3 aliphatic rings. The Bertz CT molecular complexity index is 580. The largest absolute Gasteiger partial charge is 0.492 e. The Labute approximate surface area is 149 Å². The molecule has 3 heterocycles. The van der Waals surface area contributed by atoms with Crippen LogP contribution in [0.25, 0.3) is 0 Å². The first kappa shape index (κ1) is 16.8. The summed E-state index contributed by atoms with van der Waals surface area (Å²) in [5.74, 6) is 2.25. The van der Waals surface area contributed by atoms with Crippen LogP contribution >= 0.6 is 0 Å². The van der Waals surface area contributed by atoms with Crippen molar-refractivity contribution in [3.63, 3.8) is 0 Å². The van der Waals surface area contributed by atoms with Crippen LogP contribution in [-0.4, -0.2) is 48.7 Å². The summed E-state index contributed by atoms with van der Waals surface area (Å²) < 4.78 is 11.7. The Morgan fingerprint density at radius 2 is 2.16 bits per heavy atom. The van der Waals surface area contributed by atoms with Crippen molar-refractivity contribution in [3.8, 4) is 5.75 Å². The molecule has 1 aliphatic carbocycles. The van der Waals surface area contributed by atoms with E-state index in [0.717, 1.165) is 57.7 Å². The monoisotopic (exact) mass is 344 g/mol. The SMILES string of the molecule is O=C(CC1CC1)N1CCC2(CCOCC2COc2cccnc2)CC1. The Hall–Kier alpha value is -1.62. The van der Waals surface area contributed by atoms with Crippen LogP contribution in [0.4, 0.5) is 0 Å². The van der Waals surface area contributed by atoms with E-state index in [1.807, 2.05) is 12.1 Å². The molecule has 1 saturated carbocycles. The molecule has 0 radical (unpaired) electrons. The zero-order valence-electron chi connectivity index (χ0n) is 14.9. The second-order valence-corrected chi connectivity index (χ2v) is 7.91. The maximum absolute atomic E-state index is 12.4. The van der Waals surface area contributed by atoms with Crippen LogP contribution in [0, 0.1) is 17.3 Å². The molecule has 3 fully saturated rings. The fraction of sp³-hybridized carbons (Fsp3) is 0.700. The molecule has 25 heavy (non-hydrogen) atoms. The van der Waals surface area contributed by atoms with E-state index < -0.39 is 0 Å². The van der Waals surface area contributed by atoms with Crippen LogP contribution in [0.2, 0.25) is 0 Å². The third kappa shape index (κ3) is 3.97. The molecule has 1 aromatic heterocycles. The number of hydrogen-bond donors (Lipinski definition) is 0. The Morgan fingerprint density at radius 3 is 2.88 bits per heavy atom. The molecular weight excluding hydrogens is 316 g/mol. The molecule has 2 saturated heterocycles. The van der Waals surface area contributed by atoms with Gasteiger partial charge in [-0.25, -0.2) is 0 Å². The highest BCUT2D eigenvalue weighted by Crippen LogP contribution is 2.45. The minimum Gasteiger partial charge on any atom is -0.492 e. The van der Waals surface area contributed by atoms with Crippen molar-refractivity contribution < 1.29 is 14.3 Å².